The first-order valence-electron chi connectivity index (χ1n) is 10.2. The van der Waals surface area contributed by atoms with Crippen LogP contribution in [0.1, 0.15) is 32.1 Å². The molecule has 7 nitrogen and oxygen atoms in total. The van der Waals surface area contributed by atoms with Gasteiger partial charge in [-0.3, -0.25) is 4.79 Å². The zero-order valence-electron chi connectivity index (χ0n) is 16.1. The number of amides is 1. The third-order valence-electron chi connectivity index (χ3n) is 6.03. The predicted octanol–water partition coefficient (Wildman–Crippen LogP) is 2.64. The van der Waals surface area contributed by atoms with E-state index in [4.69, 9.17) is 9.47 Å². The van der Waals surface area contributed by atoms with Gasteiger partial charge in [-0.25, -0.2) is 8.42 Å². The Hall–Kier alpha value is -1.74. The fourth-order valence-corrected chi connectivity index (χ4v) is 8.50. The lowest BCUT2D eigenvalue weighted by atomic mass is 9.89. The van der Waals surface area contributed by atoms with Crippen molar-refractivity contribution >= 4 is 38.4 Å². The standard InChI is InChI=1S/C20H24N2O5S2/c23-19(13-4-2-1-3-5-13)21-20-22(15-11-29(24,25)12-18(15)28-20)14-6-7-16-17(10-14)27-9-8-26-16/h6-7,10,13,15,18H,1-5,8-9,11-12H2/t15-,18+/m1/s1. The molecule has 1 amide bonds. The Morgan fingerprint density at radius 3 is 2.62 bits per heavy atom. The van der Waals surface area contributed by atoms with Crippen LogP contribution in [0.3, 0.4) is 0 Å². The highest BCUT2D eigenvalue weighted by Gasteiger charge is 2.49. The lowest BCUT2D eigenvalue weighted by Gasteiger charge is -2.27. The van der Waals surface area contributed by atoms with Gasteiger partial charge in [0.15, 0.2) is 26.5 Å². The maximum atomic E-state index is 12.8. The second-order valence-corrected chi connectivity index (χ2v) is 11.4. The molecule has 9 heteroatoms. The number of rotatable bonds is 2. The van der Waals surface area contributed by atoms with Gasteiger partial charge < -0.3 is 14.4 Å². The highest BCUT2D eigenvalue weighted by atomic mass is 32.2. The molecule has 3 heterocycles. The maximum Gasteiger partial charge on any atom is 0.251 e. The minimum absolute atomic E-state index is 0.0110. The van der Waals surface area contributed by atoms with Crippen molar-refractivity contribution in [2.45, 2.75) is 43.4 Å². The number of aliphatic imine (C=N–C) groups is 1. The van der Waals surface area contributed by atoms with Gasteiger partial charge in [-0.05, 0) is 25.0 Å². The number of ether oxygens (including phenoxy) is 2. The number of carbonyl (C=O) groups excluding carboxylic acids is 1. The maximum absolute atomic E-state index is 12.8. The van der Waals surface area contributed by atoms with Gasteiger partial charge in [0.05, 0.1) is 17.5 Å². The van der Waals surface area contributed by atoms with Gasteiger partial charge in [0.25, 0.3) is 5.91 Å². The van der Waals surface area contributed by atoms with E-state index in [1.165, 1.54) is 18.2 Å². The highest BCUT2D eigenvalue weighted by molar-refractivity contribution is 8.16. The molecular weight excluding hydrogens is 412 g/mol. The van der Waals surface area contributed by atoms with Gasteiger partial charge in [0.1, 0.15) is 13.2 Å². The van der Waals surface area contributed by atoms with Crippen molar-refractivity contribution in [3.63, 3.8) is 0 Å². The monoisotopic (exact) mass is 436 g/mol. The van der Waals surface area contributed by atoms with Crippen molar-refractivity contribution in [3.05, 3.63) is 18.2 Å². The largest absolute Gasteiger partial charge is 0.486 e. The van der Waals surface area contributed by atoms with Gasteiger partial charge in [-0.2, -0.15) is 4.99 Å². The van der Waals surface area contributed by atoms with Crippen LogP contribution in [0.15, 0.2) is 23.2 Å². The van der Waals surface area contributed by atoms with E-state index in [1.807, 2.05) is 23.1 Å². The topological polar surface area (TPSA) is 85.3 Å². The third-order valence-corrected chi connectivity index (χ3v) is 9.24. The number of carbonyl (C=O) groups is 1. The minimum Gasteiger partial charge on any atom is -0.486 e. The van der Waals surface area contributed by atoms with E-state index in [-0.39, 0.29) is 34.6 Å². The van der Waals surface area contributed by atoms with Crippen molar-refractivity contribution in [3.8, 4) is 11.5 Å². The summed E-state index contributed by atoms with van der Waals surface area (Å²) in [7, 11) is -3.09. The number of amidine groups is 1. The van der Waals surface area contributed by atoms with E-state index >= 15 is 0 Å². The number of nitrogens with zero attached hydrogens (tertiary/aromatic N) is 2. The van der Waals surface area contributed by atoms with Crippen LogP contribution in [0.4, 0.5) is 5.69 Å². The Morgan fingerprint density at radius 2 is 1.83 bits per heavy atom. The van der Waals surface area contributed by atoms with E-state index < -0.39 is 9.84 Å². The third kappa shape index (κ3) is 3.74. The van der Waals surface area contributed by atoms with Crippen LogP contribution in [-0.2, 0) is 14.6 Å². The molecule has 156 valence electrons. The molecule has 3 fully saturated rings. The molecule has 3 aliphatic heterocycles. The summed E-state index contributed by atoms with van der Waals surface area (Å²) in [5.74, 6) is 1.44. The molecule has 29 heavy (non-hydrogen) atoms. The molecule has 0 unspecified atom stereocenters. The Balaban J connectivity index is 1.49. The second kappa shape index (κ2) is 7.50. The fraction of sp³-hybridized carbons (Fsp3) is 0.600. The SMILES string of the molecule is O=C(N=C1S[C@H]2CS(=O)(=O)C[C@H]2N1c1ccc2c(c1)OCCO2)C1CCCCC1. The molecular formula is C20H24N2O5S2. The first-order valence-corrected chi connectivity index (χ1v) is 12.9. The molecule has 1 saturated carbocycles. The summed E-state index contributed by atoms with van der Waals surface area (Å²) < 4.78 is 35.8. The fourth-order valence-electron chi connectivity index (χ4n) is 4.58. The molecule has 1 aliphatic carbocycles. The molecule has 0 aromatic heterocycles. The lowest BCUT2D eigenvalue weighted by molar-refractivity contribution is -0.122. The second-order valence-electron chi connectivity index (χ2n) is 8.07. The number of anilines is 1. The van der Waals surface area contributed by atoms with Crippen LogP contribution in [0.5, 0.6) is 11.5 Å². The molecule has 1 aromatic carbocycles. The van der Waals surface area contributed by atoms with Gasteiger partial charge in [0.2, 0.25) is 0 Å². The van der Waals surface area contributed by atoms with E-state index in [1.54, 1.807) is 0 Å². The van der Waals surface area contributed by atoms with Crippen molar-refractivity contribution in [2.24, 2.45) is 10.9 Å². The first kappa shape index (κ1) is 19.2. The molecule has 0 radical (unpaired) electrons. The number of fused-ring (bicyclic) bond motifs is 2. The Kier molecular flexibility index (Phi) is 4.98. The number of sulfone groups is 1. The highest BCUT2D eigenvalue weighted by Crippen LogP contribution is 2.43. The van der Waals surface area contributed by atoms with Crippen LogP contribution in [0.2, 0.25) is 0 Å². The number of benzene rings is 1. The quantitative estimate of drug-likeness (QED) is 0.704. The van der Waals surface area contributed by atoms with Crippen molar-refractivity contribution in [1.29, 1.82) is 0 Å². The van der Waals surface area contributed by atoms with E-state index in [0.29, 0.717) is 29.9 Å². The summed E-state index contributed by atoms with van der Waals surface area (Å²) in [4.78, 5) is 19.2. The molecule has 5 rings (SSSR count). The van der Waals surface area contributed by atoms with Gasteiger partial charge >= 0.3 is 0 Å². The average molecular weight is 437 g/mol. The normalized spacial score (nSPS) is 29.8. The number of hydrogen-bond donors (Lipinski definition) is 0. The summed E-state index contributed by atoms with van der Waals surface area (Å²) >= 11 is 1.42. The molecule has 0 bridgehead atoms. The van der Waals surface area contributed by atoms with Gasteiger partial charge in [0, 0.05) is 22.9 Å². The molecule has 2 saturated heterocycles. The molecule has 0 N–H and O–H groups in total. The molecule has 4 aliphatic rings. The van der Waals surface area contributed by atoms with E-state index in [2.05, 4.69) is 4.99 Å². The van der Waals surface area contributed by atoms with Gasteiger partial charge in [-0.15, -0.1) is 0 Å². The van der Waals surface area contributed by atoms with Gasteiger partial charge in [-0.1, -0.05) is 31.0 Å². The Labute approximate surface area is 174 Å². The zero-order valence-corrected chi connectivity index (χ0v) is 17.7. The predicted molar refractivity (Wildman–Crippen MR) is 113 cm³/mol. The summed E-state index contributed by atoms with van der Waals surface area (Å²) in [5, 5.41) is 0.508. The number of thioether (sulfide) groups is 1. The first-order chi connectivity index (χ1) is 14.0. The molecule has 1 aromatic rings. The lowest BCUT2D eigenvalue weighted by Crippen LogP contribution is -2.38. The number of hydrogen-bond acceptors (Lipinski definition) is 6. The van der Waals surface area contributed by atoms with Crippen LogP contribution >= 0.6 is 11.8 Å². The van der Waals surface area contributed by atoms with E-state index in [9.17, 15) is 13.2 Å². The Morgan fingerprint density at radius 1 is 1.07 bits per heavy atom. The van der Waals surface area contributed by atoms with Crippen LogP contribution in [0.25, 0.3) is 0 Å². The van der Waals surface area contributed by atoms with Crippen LogP contribution in [0, 0.1) is 5.92 Å². The minimum atomic E-state index is -3.09. The summed E-state index contributed by atoms with van der Waals surface area (Å²) in [5.41, 5.74) is 0.793. The van der Waals surface area contributed by atoms with Crippen molar-refractivity contribution < 1.29 is 22.7 Å². The summed E-state index contributed by atoms with van der Waals surface area (Å²) in [6, 6.07) is 5.38. The average Bonchev–Trinajstić information content (AvgIpc) is 3.19. The smallest absolute Gasteiger partial charge is 0.251 e. The summed E-state index contributed by atoms with van der Waals surface area (Å²) in [6.07, 6.45) is 5.12. The van der Waals surface area contributed by atoms with Crippen LogP contribution < -0.4 is 14.4 Å². The molecule has 2 atom stereocenters. The Bertz CT molecular complexity index is 956. The van der Waals surface area contributed by atoms with Crippen molar-refractivity contribution in [2.75, 3.05) is 29.6 Å². The van der Waals surface area contributed by atoms with Crippen LogP contribution in [-0.4, -0.2) is 55.5 Å². The van der Waals surface area contributed by atoms with Crippen molar-refractivity contribution in [1.82, 2.24) is 0 Å². The molecule has 0 spiro atoms. The summed E-state index contributed by atoms with van der Waals surface area (Å²) in [6.45, 7) is 0.990. The zero-order chi connectivity index (χ0) is 20.0. The van der Waals surface area contributed by atoms with E-state index in [0.717, 1.165) is 31.4 Å².